The molecule has 1 rings (SSSR count). The lowest BCUT2D eigenvalue weighted by molar-refractivity contribution is -0.119. The maximum atomic E-state index is 10.4. The van der Waals surface area contributed by atoms with Crippen LogP contribution >= 0.6 is 0 Å². The molecule has 0 aromatic heterocycles. The average Bonchev–Trinajstić information content (AvgIpc) is 2.17. The summed E-state index contributed by atoms with van der Waals surface area (Å²) in [5.74, 6) is 0. The highest BCUT2D eigenvalue weighted by molar-refractivity contribution is 4.97. The number of hydrogen-bond donors (Lipinski definition) is 3. The third-order valence-corrected chi connectivity index (χ3v) is 3.68. The molecule has 0 aromatic carbocycles. The highest BCUT2D eigenvalue weighted by atomic mass is 16.3. The van der Waals surface area contributed by atoms with Crippen molar-refractivity contribution in [2.45, 2.75) is 38.7 Å². The third-order valence-electron chi connectivity index (χ3n) is 3.68. The summed E-state index contributed by atoms with van der Waals surface area (Å²) in [4.78, 5) is 0. The molecule has 3 N–H and O–H groups in total. The molecule has 1 saturated heterocycles. The van der Waals surface area contributed by atoms with Crippen LogP contribution < -0.4 is 5.32 Å². The van der Waals surface area contributed by atoms with Gasteiger partial charge in [-0.15, -0.1) is 0 Å². The molecule has 1 atom stereocenters. The van der Waals surface area contributed by atoms with E-state index in [1.54, 1.807) is 0 Å². The van der Waals surface area contributed by atoms with Crippen molar-refractivity contribution in [1.82, 2.24) is 5.32 Å². The van der Waals surface area contributed by atoms with Gasteiger partial charge in [0.2, 0.25) is 0 Å². The normalized spacial score (nSPS) is 26.8. The van der Waals surface area contributed by atoms with Crippen LogP contribution in [0.3, 0.4) is 0 Å². The molecule has 0 spiro atoms. The van der Waals surface area contributed by atoms with Crippen molar-refractivity contribution in [1.29, 1.82) is 0 Å². The first kappa shape index (κ1) is 11.0. The second-order valence-electron chi connectivity index (χ2n) is 4.35. The van der Waals surface area contributed by atoms with Crippen LogP contribution in [0.15, 0.2) is 0 Å². The number of nitrogens with one attached hydrogen (secondary N) is 1. The van der Waals surface area contributed by atoms with Gasteiger partial charge in [-0.2, -0.15) is 0 Å². The summed E-state index contributed by atoms with van der Waals surface area (Å²) in [5, 5.41) is 22.9. The van der Waals surface area contributed by atoms with Gasteiger partial charge < -0.3 is 15.5 Å². The van der Waals surface area contributed by atoms with Crippen molar-refractivity contribution in [3.8, 4) is 0 Å². The molecule has 3 nitrogen and oxygen atoms in total. The number of aliphatic hydroxyl groups excluding tert-OH is 1. The van der Waals surface area contributed by atoms with Gasteiger partial charge in [0.25, 0.3) is 0 Å². The van der Waals surface area contributed by atoms with E-state index in [1.165, 1.54) is 0 Å². The van der Waals surface area contributed by atoms with Gasteiger partial charge >= 0.3 is 0 Å². The molecule has 13 heavy (non-hydrogen) atoms. The Bertz CT molecular complexity index is 160. The Hall–Kier alpha value is -0.120. The fraction of sp³-hybridized carbons (Fsp3) is 1.00. The van der Waals surface area contributed by atoms with Gasteiger partial charge in [0.1, 0.15) is 0 Å². The van der Waals surface area contributed by atoms with Gasteiger partial charge in [-0.05, 0) is 32.4 Å². The zero-order valence-electron chi connectivity index (χ0n) is 8.64. The van der Waals surface area contributed by atoms with E-state index in [0.717, 1.165) is 32.4 Å². The lowest BCUT2D eigenvalue weighted by atomic mass is 9.67. The molecule has 1 aliphatic heterocycles. The standard InChI is InChI=1S/C10H21NO2/c1-3-9(2,8-12)10(13)4-6-11-7-5-10/h11-13H,3-8H2,1-2H3. The number of aliphatic hydroxyl groups is 2. The van der Waals surface area contributed by atoms with Crippen molar-refractivity contribution < 1.29 is 10.2 Å². The quantitative estimate of drug-likeness (QED) is 0.603. The molecule has 0 aliphatic carbocycles. The molecule has 1 unspecified atom stereocenters. The van der Waals surface area contributed by atoms with Gasteiger partial charge in [-0.3, -0.25) is 0 Å². The third kappa shape index (κ3) is 1.87. The summed E-state index contributed by atoms with van der Waals surface area (Å²) < 4.78 is 0. The van der Waals surface area contributed by atoms with Crippen LogP contribution in [0.25, 0.3) is 0 Å². The Morgan fingerprint density at radius 2 is 1.92 bits per heavy atom. The molecule has 78 valence electrons. The number of piperidine rings is 1. The van der Waals surface area contributed by atoms with E-state index in [2.05, 4.69) is 5.32 Å². The van der Waals surface area contributed by atoms with Crippen LogP contribution in [-0.4, -0.2) is 35.5 Å². The maximum absolute atomic E-state index is 10.4. The Morgan fingerprint density at radius 3 is 2.31 bits per heavy atom. The zero-order chi connectivity index (χ0) is 9.95. The number of rotatable bonds is 3. The summed E-state index contributed by atoms with van der Waals surface area (Å²) in [5.41, 5.74) is -1.02. The smallest absolute Gasteiger partial charge is 0.0747 e. The second kappa shape index (κ2) is 3.95. The Labute approximate surface area is 80.2 Å². The molecule has 0 saturated carbocycles. The molecule has 3 heteroatoms. The maximum Gasteiger partial charge on any atom is 0.0747 e. The first-order valence-corrected chi connectivity index (χ1v) is 5.12. The molecule has 1 heterocycles. The largest absolute Gasteiger partial charge is 0.396 e. The summed E-state index contributed by atoms with van der Waals surface area (Å²) in [6.07, 6.45) is 2.32. The predicted octanol–water partition coefficient (Wildman–Crippen LogP) is 0.509. The topological polar surface area (TPSA) is 52.5 Å². The van der Waals surface area contributed by atoms with Crippen LogP contribution in [0.4, 0.5) is 0 Å². The Morgan fingerprint density at radius 1 is 1.38 bits per heavy atom. The summed E-state index contributed by atoms with van der Waals surface area (Å²) in [6, 6.07) is 0. The minimum absolute atomic E-state index is 0.0694. The molecule has 0 amide bonds. The van der Waals surface area contributed by atoms with Crippen molar-refractivity contribution >= 4 is 0 Å². The fourth-order valence-corrected chi connectivity index (χ4v) is 2.03. The van der Waals surface area contributed by atoms with Crippen molar-refractivity contribution in [3.05, 3.63) is 0 Å². The molecular weight excluding hydrogens is 166 g/mol. The van der Waals surface area contributed by atoms with Crippen LogP contribution in [0, 0.1) is 5.41 Å². The lowest BCUT2D eigenvalue weighted by Gasteiger charge is -2.46. The molecule has 1 aliphatic rings. The predicted molar refractivity (Wildman–Crippen MR) is 52.5 cm³/mol. The first-order chi connectivity index (χ1) is 6.08. The van der Waals surface area contributed by atoms with Crippen LogP contribution in [0.5, 0.6) is 0 Å². The molecular formula is C10H21NO2. The van der Waals surface area contributed by atoms with Crippen molar-refractivity contribution in [2.75, 3.05) is 19.7 Å². The molecule has 0 aromatic rings. The minimum Gasteiger partial charge on any atom is -0.396 e. The minimum atomic E-state index is -0.679. The highest BCUT2D eigenvalue weighted by Crippen LogP contribution is 2.40. The van der Waals surface area contributed by atoms with E-state index in [9.17, 15) is 10.2 Å². The van der Waals surface area contributed by atoms with E-state index >= 15 is 0 Å². The average molecular weight is 187 g/mol. The van der Waals surface area contributed by atoms with Gasteiger partial charge in [0, 0.05) is 5.41 Å². The summed E-state index contributed by atoms with van der Waals surface area (Å²) in [6.45, 7) is 5.77. The van der Waals surface area contributed by atoms with Gasteiger partial charge in [-0.25, -0.2) is 0 Å². The van der Waals surface area contributed by atoms with Crippen LogP contribution in [0.2, 0.25) is 0 Å². The van der Waals surface area contributed by atoms with E-state index in [0.29, 0.717) is 0 Å². The molecule has 0 radical (unpaired) electrons. The zero-order valence-corrected chi connectivity index (χ0v) is 8.64. The molecule has 0 bridgehead atoms. The van der Waals surface area contributed by atoms with Crippen molar-refractivity contribution in [3.63, 3.8) is 0 Å². The lowest BCUT2D eigenvalue weighted by Crippen LogP contribution is -2.54. The highest BCUT2D eigenvalue weighted by Gasteiger charge is 2.45. The Balaban J connectivity index is 2.74. The summed E-state index contributed by atoms with van der Waals surface area (Å²) >= 11 is 0. The van der Waals surface area contributed by atoms with E-state index in [-0.39, 0.29) is 12.0 Å². The number of hydrogen-bond acceptors (Lipinski definition) is 3. The van der Waals surface area contributed by atoms with E-state index in [4.69, 9.17) is 0 Å². The molecule has 1 fully saturated rings. The first-order valence-electron chi connectivity index (χ1n) is 5.12. The van der Waals surface area contributed by atoms with Gasteiger partial charge in [0.15, 0.2) is 0 Å². The van der Waals surface area contributed by atoms with E-state index < -0.39 is 5.60 Å². The van der Waals surface area contributed by atoms with Crippen LogP contribution in [0.1, 0.15) is 33.1 Å². The van der Waals surface area contributed by atoms with Gasteiger partial charge in [-0.1, -0.05) is 13.8 Å². The van der Waals surface area contributed by atoms with Gasteiger partial charge in [0.05, 0.1) is 12.2 Å². The van der Waals surface area contributed by atoms with E-state index in [1.807, 2.05) is 13.8 Å². The van der Waals surface area contributed by atoms with Crippen LogP contribution in [-0.2, 0) is 0 Å². The fourth-order valence-electron chi connectivity index (χ4n) is 2.03. The van der Waals surface area contributed by atoms with Crippen molar-refractivity contribution in [2.24, 2.45) is 5.41 Å². The summed E-state index contributed by atoms with van der Waals surface area (Å²) in [7, 11) is 0. The SMILES string of the molecule is CCC(C)(CO)C1(O)CCNCC1. The Kier molecular flexibility index (Phi) is 3.33. The second-order valence-corrected chi connectivity index (χ2v) is 4.35. The monoisotopic (exact) mass is 187 g/mol.